The van der Waals surface area contributed by atoms with E-state index in [-0.39, 0.29) is 0 Å². The summed E-state index contributed by atoms with van der Waals surface area (Å²) in [5.41, 5.74) is 10.4. The maximum atomic E-state index is 10.8. The van der Waals surface area contributed by atoms with Crippen LogP contribution in [0.15, 0.2) is 0 Å². The van der Waals surface area contributed by atoms with Crippen LogP contribution in [0.1, 0.15) is 58.8 Å². The van der Waals surface area contributed by atoms with Gasteiger partial charge in [0.1, 0.15) is 5.60 Å². The van der Waals surface area contributed by atoms with Crippen molar-refractivity contribution in [2.45, 2.75) is 64.4 Å². The lowest BCUT2D eigenvalue weighted by Gasteiger charge is -2.31. The molecule has 0 spiro atoms. The third-order valence-corrected chi connectivity index (χ3v) is 3.88. The topological polar surface area (TPSA) is 78.3 Å². The second-order valence-corrected chi connectivity index (χ2v) is 6.23. The zero-order valence-electron chi connectivity index (χ0n) is 11.8. The Hall–Kier alpha value is -0.770. The van der Waals surface area contributed by atoms with Gasteiger partial charge in [0.25, 0.3) is 0 Å². The lowest BCUT2D eigenvalue weighted by molar-refractivity contribution is 0.0238. The Balaban J connectivity index is 2.42. The van der Waals surface area contributed by atoms with Gasteiger partial charge >= 0.3 is 6.09 Å². The van der Waals surface area contributed by atoms with Crippen LogP contribution in [0.2, 0.25) is 0 Å². The van der Waals surface area contributed by atoms with Crippen molar-refractivity contribution >= 4 is 6.09 Å². The van der Waals surface area contributed by atoms with E-state index in [9.17, 15) is 4.79 Å². The van der Waals surface area contributed by atoms with E-state index in [0.717, 1.165) is 18.8 Å². The Morgan fingerprint density at radius 1 is 1.33 bits per heavy atom. The standard InChI is InChI=1S/C14H28N2O2/c1-14(2,18-13(16)17)9-12(10-15)8-11-6-4-3-5-7-11/h11-12H,3-10,15H2,1-2H3,(H2,16,17). The molecule has 1 amide bonds. The van der Waals surface area contributed by atoms with Gasteiger partial charge in [0, 0.05) is 0 Å². The summed E-state index contributed by atoms with van der Waals surface area (Å²) in [6.45, 7) is 4.46. The molecule has 1 fully saturated rings. The monoisotopic (exact) mass is 256 g/mol. The van der Waals surface area contributed by atoms with Gasteiger partial charge in [0.15, 0.2) is 0 Å². The molecule has 1 rings (SSSR count). The molecule has 0 bridgehead atoms. The first-order valence-electron chi connectivity index (χ1n) is 7.11. The van der Waals surface area contributed by atoms with Crippen molar-refractivity contribution in [1.29, 1.82) is 0 Å². The number of carbonyl (C=O) groups is 1. The van der Waals surface area contributed by atoms with Gasteiger partial charge in [-0.3, -0.25) is 0 Å². The highest BCUT2D eigenvalue weighted by Crippen LogP contribution is 2.32. The van der Waals surface area contributed by atoms with Gasteiger partial charge in [-0.25, -0.2) is 4.79 Å². The number of hydrogen-bond donors (Lipinski definition) is 2. The average Bonchev–Trinajstić information content (AvgIpc) is 2.27. The van der Waals surface area contributed by atoms with Crippen LogP contribution in [-0.4, -0.2) is 18.2 Å². The maximum Gasteiger partial charge on any atom is 0.405 e. The number of primary amides is 1. The van der Waals surface area contributed by atoms with Crippen molar-refractivity contribution < 1.29 is 9.53 Å². The fourth-order valence-electron chi connectivity index (χ4n) is 3.17. The fraction of sp³-hybridized carbons (Fsp3) is 0.929. The molecule has 4 N–H and O–H groups in total. The molecule has 1 unspecified atom stereocenters. The second kappa shape index (κ2) is 6.98. The molecular weight excluding hydrogens is 228 g/mol. The second-order valence-electron chi connectivity index (χ2n) is 6.23. The predicted octanol–water partition coefficient (Wildman–Crippen LogP) is 2.80. The van der Waals surface area contributed by atoms with Crippen molar-refractivity contribution in [2.75, 3.05) is 6.54 Å². The van der Waals surface area contributed by atoms with Crippen molar-refractivity contribution in [1.82, 2.24) is 0 Å². The van der Waals surface area contributed by atoms with E-state index in [0.29, 0.717) is 12.5 Å². The van der Waals surface area contributed by atoms with E-state index in [1.54, 1.807) is 0 Å². The molecule has 106 valence electrons. The van der Waals surface area contributed by atoms with Crippen LogP contribution in [-0.2, 0) is 4.74 Å². The van der Waals surface area contributed by atoms with E-state index in [1.165, 1.54) is 32.1 Å². The third-order valence-electron chi connectivity index (χ3n) is 3.88. The quantitative estimate of drug-likeness (QED) is 0.767. The molecule has 1 atom stereocenters. The summed E-state index contributed by atoms with van der Waals surface area (Å²) in [4.78, 5) is 10.8. The molecule has 0 aromatic rings. The van der Waals surface area contributed by atoms with Crippen molar-refractivity contribution in [3.8, 4) is 0 Å². The minimum Gasteiger partial charge on any atom is -0.444 e. The van der Waals surface area contributed by atoms with E-state index < -0.39 is 11.7 Å². The van der Waals surface area contributed by atoms with Crippen LogP contribution in [0, 0.1) is 11.8 Å². The molecule has 1 saturated carbocycles. The molecule has 1 aliphatic carbocycles. The predicted molar refractivity (Wildman–Crippen MR) is 73.1 cm³/mol. The Morgan fingerprint density at radius 3 is 2.44 bits per heavy atom. The molecule has 0 aromatic heterocycles. The molecule has 0 saturated heterocycles. The van der Waals surface area contributed by atoms with Crippen LogP contribution >= 0.6 is 0 Å². The summed E-state index contributed by atoms with van der Waals surface area (Å²) in [7, 11) is 0. The van der Waals surface area contributed by atoms with Gasteiger partial charge in [0.2, 0.25) is 0 Å². The van der Waals surface area contributed by atoms with E-state index in [1.807, 2.05) is 13.8 Å². The molecular formula is C14H28N2O2. The first-order chi connectivity index (χ1) is 8.43. The maximum absolute atomic E-state index is 10.8. The van der Waals surface area contributed by atoms with E-state index >= 15 is 0 Å². The van der Waals surface area contributed by atoms with Gasteiger partial charge < -0.3 is 16.2 Å². The number of ether oxygens (including phenoxy) is 1. The number of hydrogen-bond acceptors (Lipinski definition) is 3. The largest absolute Gasteiger partial charge is 0.444 e. The average molecular weight is 256 g/mol. The summed E-state index contributed by atoms with van der Waals surface area (Å²) < 4.78 is 5.14. The lowest BCUT2D eigenvalue weighted by atomic mass is 9.79. The summed E-state index contributed by atoms with van der Waals surface area (Å²) in [6.07, 6.45) is 7.98. The molecule has 0 radical (unpaired) electrons. The SMILES string of the molecule is CC(C)(CC(CN)CC1CCCCC1)OC(N)=O. The molecule has 4 heteroatoms. The smallest absolute Gasteiger partial charge is 0.405 e. The van der Waals surface area contributed by atoms with Crippen LogP contribution in [0.4, 0.5) is 4.79 Å². The minimum absolute atomic E-state index is 0.419. The van der Waals surface area contributed by atoms with Crippen molar-refractivity contribution in [3.05, 3.63) is 0 Å². The van der Waals surface area contributed by atoms with Crippen LogP contribution < -0.4 is 11.5 Å². The Bertz CT molecular complexity index is 261. The summed E-state index contributed by atoms with van der Waals surface area (Å²) >= 11 is 0. The molecule has 18 heavy (non-hydrogen) atoms. The minimum atomic E-state index is -0.701. The van der Waals surface area contributed by atoms with Crippen molar-refractivity contribution in [3.63, 3.8) is 0 Å². The first-order valence-corrected chi connectivity index (χ1v) is 7.11. The highest BCUT2D eigenvalue weighted by atomic mass is 16.6. The molecule has 0 heterocycles. The highest BCUT2D eigenvalue weighted by molar-refractivity contribution is 5.65. The van der Waals surface area contributed by atoms with Gasteiger partial charge in [-0.1, -0.05) is 32.1 Å². The van der Waals surface area contributed by atoms with E-state index in [2.05, 4.69) is 0 Å². The van der Waals surface area contributed by atoms with Gasteiger partial charge in [-0.15, -0.1) is 0 Å². The van der Waals surface area contributed by atoms with Gasteiger partial charge in [-0.05, 0) is 45.1 Å². The third kappa shape index (κ3) is 5.71. The molecule has 4 nitrogen and oxygen atoms in total. The highest BCUT2D eigenvalue weighted by Gasteiger charge is 2.28. The Morgan fingerprint density at radius 2 is 1.94 bits per heavy atom. The van der Waals surface area contributed by atoms with Crippen LogP contribution in [0.5, 0.6) is 0 Å². The molecule has 0 aromatic carbocycles. The zero-order valence-corrected chi connectivity index (χ0v) is 11.8. The Labute approximate surface area is 110 Å². The summed E-state index contributed by atoms with van der Waals surface area (Å²) in [5, 5.41) is 0. The molecule has 0 aliphatic heterocycles. The van der Waals surface area contributed by atoms with Gasteiger partial charge in [0.05, 0.1) is 0 Å². The van der Waals surface area contributed by atoms with Gasteiger partial charge in [-0.2, -0.15) is 0 Å². The molecule has 1 aliphatic rings. The lowest BCUT2D eigenvalue weighted by Crippen LogP contribution is -2.35. The number of amides is 1. The van der Waals surface area contributed by atoms with Crippen LogP contribution in [0.25, 0.3) is 0 Å². The van der Waals surface area contributed by atoms with Crippen molar-refractivity contribution in [2.24, 2.45) is 23.3 Å². The first kappa shape index (κ1) is 15.3. The fourth-order valence-corrected chi connectivity index (χ4v) is 3.17. The normalized spacial score (nSPS) is 19.5. The summed E-state index contributed by atoms with van der Waals surface area (Å²) in [6, 6.07) is 0. The zero-order chi connectivity index (χ0) is 13.6. The number of nitrogens with two attached hydrogens (primary N) is 2. The summed E-state index contributed by atoms with van der Waals surface area (Å²) in [5.74, 6) is 1.22. The number of carbonyl (C=O) groups excluding carboxylic acids is 1. The number of rotatable bonds is 6. The van der Waals surface area contributed by atoms with Crippen LogP contribution in [0.3, 0.4) is 0 Å². The van der Waals surface area contributed by atoms with E-state index in [4.69, 9.17) is 16.2 Å². The Kier molecular flexibility index (Phi) is 5.93.